The third-order valence-electron chi connectivity index (χ3n) is 3.84. The van der Waals surface area contributed by atoms with Gasteiger partial charge in [0.05, 0.1) is 11.9 Å². The molecule has 1 N–H and O–H groups in total. The minimum absolute atomic E-state index is 0.243. The van der Waals surface area contributed by atoms with Crippen LogP contribution in [0.15, 0.2) is 18.3 Å². The number of nitrogens with zero attached hydrogens (tertiary/aromatic N) is 1. The second-order valence-corrected chi connectivity index (χ2v) is 5.66. The summed E-state index contributed by atoms with van der Waals surface area (Å²) in [5.41, 5.74) is 1.44. The Morgan fingerprint density at radius 1 is 1.53 bits per heavy atom. The molecule has 0 aromatic carbocycles. The molecule has 1 heterocycles. The quantitative estimate of drug-likeness (QED) is 0.848. The van der Waals surface area contributed by atoms with E-state index in [9.17, 15) is 4.39 Å². The summed E-state index contributed by atoms with van der Waals surface area (Å²) < 4.78 is 12.8. The van der Waals surface area contributed by atoms with Crippen molar-refractivity contribution in [1.29, 1.82) is 0 Å². The summed E-state index contributed by atoms with van der Waals surface area (Å²) in [4.78, 5) is 4.15. The van der Waals surface area contributed by atoms with Crippen molar-refractivity contribution in [2.45, 2.75) is 39.7 Å². The van der Waals surface area contributed by atoms with Crippen molar-refractivity contribution < 1.29 is 4.39 Å². The maximum atomic E-state index is 12.8. The van der Waals surface area contributed by atoms with Crippen LogP contribution >= 0.6 is 0 Å². The van der Waals surface area contributed by atoms with Crippen molar-refractivity contribution >= 4 is 0 Å². The molecule has 2 atom stereocenters. The van der Waals surface area contributed by atoms with Gasteiger partial charge in [-0.05, 0) is 42.9 Å². The Balaban J connectivity index is 1.90. The molecular formula is C14H21FN2. The van der Waals surface area contributed by atoms with Crippen LogP contribution in [0.4, 0.5) is 4.39 Å². The first kappa shape index (κ1) is 12.5. The highest BCUT2D eigenvalue weighted by molar-refractivity contribution is 5.10. The van der Waals surface area contributed by atoms with E-state index in [1.54, 1.807) is 6.07 Å². The molecule has 0 aliphatic heterocycles. The van der Waals surface area contributed by atoms with Crippen LogP contribution in [0, 0.1) is 17.2 Å². The second kappa shape index (κ2) is 4.73. The van der Waals surface area contributed by atoms with Crippen LogP contribution in [0.2, 0.25) is 0 Å². The molecule has 3 heteroatoms. The Kier molecular flexibility index (Phi) is 3.48. The Bertz CT molecular complexity index is 372. The highest BCUT2D eigenvalue weighted by Crippen LogP contribution is 2.51. The predicted octanol–water partition coefficient (Wildman–Crippen LogP) is 3.31. The number of halogens is 1. The number of hydrogen-bond donors (Lipinski definition) is 1. The van der Waals surface area contributed by atoms with Gasteiger partial charge >= 0.3 is 0 Å². The lowest BCUT2D eigenvalue weighted by atomic mass is 10.1. The molecule has 0 spiro atoms. The number of nitrogens with one attached hydrogen (secondary N) is 1. The standard InChI is InChI=1S/C14H21FN2/c1-4-12(13-6-5-11(15)9-17-13)16-8-10-7-14(10,2)3/h5-6,9-10,12,16H,4,7-8H2,1-3H3. The van der Waals surface area contributed by atoms with E-state index in [1.165, 1.54) is 18.7 Å². The molecule has 0 amide bonds. The largest absolute Gasteiger partial charge is 0.308 e. The average Bonchev–Trinajstić information content (AvgIpc) is 2.90. The highest BCUT2D eigenvalue weighted by atomic mass is 19.1. The summed E-state index contributed by atoms with van der Waals surface area (Å²) in [6.45, 7) is 7.76. The zero-order valence-electron chi connectivity index (χ0n) is 10.8. The fraction of sp³-hybridized carbons (Fsp3) is 0.643. The van der Waals surface area contributed by atoms with Gasteiger partial charge in [0, 0.05) is 6.04 Å². The number of hydrogen-bond acceptors (Lipinski definition) is 2. The fourth-order valence-corrected chi connectivity index (χ4v) is 2.26. The number of aromatic nitrogens is 1. The van der Waals surface area contributed by atoms with Gasteiger partial charge in [0.2, 0.25) is 0 Å². The average molecular weight is 236 g/mol. The molecule has 1 aromatic heterocycles. The van der Waals surface area contributed by atoms with E-state index in [4.69, 9.17) is 0 Å². The molecule has 0 bridgehead atoms. The maximum absolute atomic E-state index is 12.8. The highest BCUT2D eigenvalue weighted by Gasteiger charge is 2.45. The Morgan fingerprint density at radius 3 is 2.71 bits per heavy atom. The summed E-state index contributed by atoms with van der Waals surface area (Å²) in [5.74, 6) is 0.504. The summed E-state index contributed by atoms with van der Waals surface area (Å²) in [7, 11) is 0. The summed E-state index contributed by atoms with van der Waals surface area (Å²) in [5, 5.41) is 3.54. The minimum Gasteiger partial charge on any atom is -0.308 e. The zero-order valence-corrected chi connectivity index (χ0v) is 10.8. The van der Waals surface area contributed by atoms with E-state index >= 15 is 0 Å². The van der Waals surface area contributed by atoms with E-state index in [2.05, 4.69) is 31.1 Å². The van der Waals surface area contributed by atoms with Crippen molar-refractivity contribution in [2.24, 2.45) is 11.3 Å². The maximum Gasteiger partial charge on any atom is 0.141 e. The molecule has 1 fully saturated rings. The smallest absolute Gasteiger partial charge is 0.141 e. The van der Waals surface area contributed by atoms with Crippen molar-refractivity contribution in [1.82, 2.24) is 10.3 Å². The lowest BCUT2D eigenvalue weighted by Crippen LogP contribution is -2.25. The van der Waals surface area contributed by atoms with Gasteiger partial charge in [-0.15, -0.1) is 0 Å². The molecule has 1 saturated carbocycles. The molecule has 2 nitrogen and oxygen atoms in total. The molecule has 1 aliphatic rings. The molecule has 94 valence electrons. The Hall–Kier alpha value is -0.960. The van der Waals surface area contributed by atoms with E-state index in [-0.39, 0.29) is 11.9 Å². The van der Waals surface area contributed by atoms with Gasteiger partial charge in [0.25, 0.3) is 0 Å². The van der Waals surface area contributed by atoms with Crippen LogP contribution in [0.1, 0.15) is 45.3 Å². The van der Waals surface area contributed by atoms with Crippen LogP contribution in [-0.2, 0) is 0 Å². The van der Waals surface area contributed by atoms with E-state index in [0.717, 1.165) is 24.6 Å². The van der Waals surface area contributed by atoms with Crippen molar-refractivity contribution in [3.63, 3.8) is 0 Å². The van der Waals surface area contributed by atoms with Crippen LogP contribution in [-0.4, -0.2) is 11.5 Å². The second-order valence-electron chi connectivity index (χ2n) is 5.66. The zero-order chi connectivity index (χ0) is 12.5. The Labute approximate surface area is 103 Å². The molecule has 17 heavy (non-hydrogen) atoms. The Morgan fingerprint density at radius 2 is 2.24 bits per heavy atom. The van der Waals surface area contributed by atoms with Crippen LogP contribution in [0.5, 0.6) is 0 Å². The molecule has 1 aliphatic carbocycles. The number of rotatable bonds is 5. The van der Waals surface area contributed by atoms with Gasteiger partial charge in [-0.25, -0.2) is 4.39 Å². The van der Waals surface area contributed by atoms with Gasteiger partial charge in [-0.2, -0.15) is 0 Å². The first-order valence-electron chi connectivity index (χ1n) is 6.38. The van der Waals surface area contributed by atoms with E-state index in [1.807, 2.05) is 0 Å². The first-order valence-corrected chi connectivity index (χ1v) is 6.38. The summed E-state index contributed by atoms with van der Waals surface area (Å²) >= 11 is 0. The van der Waals surface area contributed by atoms with Crippen LogP contribution in [0.3, 0.4) is 0 Å². The monoisotopic (exact) mass is 236 g/mol. The molecule has 0 saturated heterocycles. The van der Waals surface area contributed by atoms with E-state index in [0.29, 0.717) is 5.41 Å². The van der Waals surface area contributed by atoms with Gasteiger partial charge in [0.15, 0.2) is 0 Å². The van der Waals surface area contributed by atoms with Crippen molar-refractivity contribution in [3.05, 3.63) is 29.8 Å². The molecule has 1 aromatic rings. The lowest BCUT2D eigenvalue weighted by molar-refractivity contribution is 0.453. The molecule has 2 unspecified atom stereocenters. The molecule has 2 rings (SSSR count). The van der Waals surface area contributed by atoms with Crippen LogP contribution in [0.25, 0.3) is 0 Å². The number of pyridine rings is 1. The summed E-state index contributed by atoms with van der Waals surface area (Å²) in [6.07, 6.45) is 3.57. The third-order valence-corrected chi connectivity index (χ3v) is 3.84. The SMILES string of the molecule is CCC(NCC1CC1(C)C)c1ccc(F)cn1. The van der Waals surface area contributed by atoms with Crippen molar-refractivity contribution in [3.8, 4) is 0 Å². The van der Waals surface area contributed by atoms with E-state index < -0.39 is 0 Å². The summed E-state index contributed by atoms with van der Waals surface area (Å²) in [6, 6.07) is 3.49. The fourth-order valence-electron chi connectivity index (χ4n) is 2.26. The molecule has 0 radical (unpaired) electrons. The van der Waals surface area contributed by atoms with Crippen molar-refractivity contribution in [2.75, 3.05) is 6.54 Å². The molecular weight excluding hydrogens is 215 g/mol. The predicted molar refractivity (Wildman–Crippen MR) is 67.1 cm³/mol. The van der Waals surface area contributed by atoms with Gasteiger partial charge < -0.3 is 5.32 Å². The van der Waals surface area contributed by atoms with Gasteiger partial charge in [-0.3, -0.25) is 4.98 Å². The normalized spacial score (nSPS) is 23.4. The van der Waals surface area contributed by atoms with Gasteiger partial charge in [-0.1, -0.05) is 20.8 Å². The lowest BCUT2D eigenvalue weighted by Gasteiger charge is -2.17. The first-order chi connectivity index (χ1) is 8.03. The van der Waals surface area contributed by atoms with Crippen LogP contribution < -0.4 is 5.32 Å². The topological polar surface area (TPSA) is 24.9 Å². The van der Waals surface area contributed by atoms with Gasteiger partial charge in [0.1, 0.15) is 5.82 Å². The third kappa shape index (κ3) is 3.03. The minimum atomic E-state index is -0.271.